The molecule has 15 heavy (non-hydrogen) atoms. The molecule has 0 aromatic carbocycles. The standard InChI is InChI=1S/C12H23NO2/c1-3-15-11-6-4-10(5-7-11)13-8-12(9-13)14-2/h10-12H,3-9H2,1-2H3. The van der Waals surface area contributed by atoms with E-state index in [0.717, 1.165) is 25.7 Å². The molecule has 2 aliphatic rings. The Balaban J connectivity index is 1.66. The molecule has 1 aliphatic carbocycles. The van der Waals surface area contributed by atoms with E-state index in [1.165, 1.54) is 25.7 Å². The van der Waals surface area contributed by atoms with Crippen LogP contribution in [-0.2, 0) is 9.47 Å². The second-order valence-corrected chi connectivity index (χ2v) is 4.70. The fourth-order valence-electron chi connectivity index (χ4n) is 2.73. The minimum atomic E-state index is 0.495. The molecule has 88 valence electrons. The number of nitrogens with zero attached hydrogens (tertiary/aromatic N) is 1. The molecule has 0 bridgehead atoms. The summed E-state index contributed by atoms with van der Waals surface area (Å²) in [7, 11) is 1.81. The van der Waals surface area contributed by atoms with Gasteiger partial charge in [0.15, 0.2) is 0 Å². The van der Waals surface area contributed by atoms with Gasteiger partial charge in [-0.2, -0.15) is 0 Å². The van der Waals surface area contributed by atoms with E-state index < -0.39 is 0 Å². The Morgan fingerprint density at radius 3 is 2.27 bits per heavy atom. The normalized spacial score (nSPS) is 34.0. The maximum absolute atomic E-state index is 5.66. The quantitative estimate of drug-likeness (QED) is 0.709. The first-order valence-corrected chi connectivity index (χ1v) is 6.22. The van der Waals surface area contributed by atoms with Gasteiger partial charge >= 0.3 is 0 Å². The van der Waals surface area contributed by atoms with Crippen molar-refractivity contribution in [3.63, 3.8) is 0 Å². The highest BCUT2D eigenvalue weighted by Crippen LogP contribution is 2.28. The summed E-state index contributed by atoms with van der Waals surface area (Å²) in [5.74, 6) is 0. The fourth-order valence-corrected chi connectivity index (χ4v) is 2.73. The van der Waals surface area contributed by atoms with Crippen LogP contribution in [0.4, 0.5) is 0 Å². The van der Waals surface area contributed by atoms with E-state index in [-0.39, 0.29) is 0 Å². The van der Waals surface area contributed by atoms with Crippen LogP contribution in [-0.4, -0.2) is 50.0 Å². The lowest BCUT2D eigenvalue weighted by Crippen LogP contribution is -2.57. The molecule has 3 heteroatoms. The van der Waals surface area contributed by atoms with Gasteiger partial charge in [-0.3, -0.25) is 4.90 Å². The van der Waals surface area contributed by atoms with Crippen LogP contribution < -0.4 is 0 Å². The highest BCUT2D eigenvalue weighted by Gasteiger charge is 2.34. The Labute approximate surface area is 92.7 Å². The minimum Gasteiger partial charge on any atom is -0.379 e. The molecule has 0 spiro atoms. The zero-order valence-electron chi connectivity index (χ0n) is 9.95. The lowest BCUT2D eigenvalue weighted by molar-refractivity contribution is -0.0687. The number of rotatable bonds is 4. The molecular weight excluding hydrogens is 190 g/mol. The lowest BCUT2D eigenvalue weighted by atomic mass is 9.90. The van der Waals surface area contributed by atoms with Crippen molar-refractivity contribution in [3.05, 3.63) is 0 Å². The molecule has 0 unspecified atom stereocenters. The molecule has 1 saturated heterocycles. The molecule has 2 rings (SSSR count). The predicted octanol–water partition coefficient (Wildman–Crippen LogP) is 1.66. The van der Waals surface area contributed by atoms with E-state index in [2.05, 4.69) is 11.8 Å². The second-order valence-electron chi connectivity index (χ2n) is 4.70. The molecule has 2 fully saturated rings. The summed E-state index contributed by atoms with van der Waals surface area (Å²) in [4.78, 5) is 2.57. The smallest absolute Gasteiger partial charge is 0.0825 e. The third-order valence-corrected chi connectivity index (χ3v) is 3.77. The van der Waals surface area contributed by atoms with E-state index >= 15 is 0 Å². The first kappa shape index (κ1) is 11.4. The van der Waals surface area contributed by atoms with Crippen LogP contribution in [0, 0.1) is 0 Å². The first-order chi connectivity index (χ1) is 7.33. The summed E-state index contributed by atoms with van der Waals surface area (Å²) >= 11 is 0. The zero-order chi connectivity index (χ0) is 10.7. The Kier molecular flexibility index (Phi) is 4.00. The lowest BCUT2D eigenvalue weighted by Gasteiger charge is -2.45. The predicted molar refractivity (Wildman–Crippen MR) is 60.0 cm³/mol. The van der Waals surface area contributed by atoms with Gasteiger partial charge in [0.2, 0.25) is 0 Å². The molecule has 0 N–H and O–H groups in total. The largest absolute Gasteiger partial charge is 0.379 e. The molecule has 1 saturated carbocycles. The van der Waals surface area contributed by atoms with E-state index in [4.69, 9.17) is 9.47 Å². The molecular formula is C12H23NO2. The molecule has 0 amide bonds. The maximum Gasteiger partial charge on any atom is 0.0825 e. The van der Waals surface area contributed by atoms with Crippen molar-refractivity contribution in [2.24, 2.45) is 0 Å². The van der Waals surface area contributed by atoms with Gasteiger partial charge in [-0.05, 0) is 32.6 Å². The summed E-state index contributed by atoms with van der Waals surface area (Å²) < 4.78 is 11.0. The maximum atomic E-state index is 5.66. The monoisotopic (exact) mass is 213 g/mol. The third-order valence-electron chi connectivity index (χ3n) is 3.77. The van der Waals surface area contributed by atoms with Crippen LogP contribution in [0.5, 0.6) is 0 Å². The van der Waals surface area contributed by atoms with Gasteiger partial charge in [0, 0.05) is 32.8 Å². The van der Waals surface area contributed by atoms with Crippen molar-refractivity contribution < 1.29 is 9.47 Å². The van der Waals surface area contributed by atoms with Crippen molar-refractivity contribution in [2.45, 2.75) is 50.9 Å². The summed E-state index contributed by atoms with van der Waals surface area (Å²) in [6.07, 6.45) is 6.13. The number of methoxy groups -OCH3 is 1. The molecule has 1 heterocycles. The van der Waals surface area contributed by atoms with E-state index in [1.54, 1.807) is 0 Å². The Morgan fingerprint density at radius 2 is 1.73 bits per heavy atom. The number of ether oxygens (including phenoxy) is 2. The van der Waals surface area contributed by atoms with Crippen LogP contribution in [0.2, 0.25) is 0 Å². The van der Waals surface area contributed by atoms with Crippen molar-refractivity contribution in [2.75, 3.05) is 26.8 Å². The SMILES string of the molecule is CCOC1CCC(N2CC(OC)C2)CC1. The van der Waals surface area contributed by atoms with Crippen LogP contribution in [0.15, 0.2) is 0 Å². The van der Waals surface area contributed by atoms with E-state index in [0.29, 0.717) is 12.2 Å². The minimum absolute atomic E-state index is 0.495. The van der Waals surface area contributed by atoms with Crippen LogP contribution >= 0.6 is 0 Å². The summed E-state index contributed by atoms with van der Waals surface area (Å²) in [6, 6.07) is 0.799. The first-order valence-electron chi connectivity index (χ1n) is 6.22. The van der Waals surface area contributed by atoms with Gasteiger partial charge in [-0.15, -0.1) is 0 Å². The molecule has 1 aliphatic heterocycles. The van der Waals surface area contributed by atoms with Crippen molar-refractivity contribution in [3.8, 4) is 0 Å². The zero-order valence-corrected chi connectivity index (χ0v) is 9.95. The van der Waals surface area contributed by atoms with Crippen molar-refractivity contribution >= 4 is 0 Å². The average molecular weight is 213 g/mol. The fraction of sp³-hybridized carbons (Fsp3) is 1.00. The van der Waals surface area contributed by atoms with Crippen molar-refractivity contribution in [1.82, 2.24) is 4.90 Å². The summed E-state index contributed by atoms with van der Waals surface area (Å²) in [5, 5.41) is 0. The Morgan fingerprint density at radius 1 is 1.07 bits per heavy atom. The number of hydrogen-bond acceptors (Lipinski definition) is 3. The van der Waals surface area contributed by atoms with Gasteiger partial charge < -0.3 is 9.47 Å². The average Bonchev–Trinajstić information content (AvgIpc) is 2.19. The molecule has 0 aromatic heterocycles. The van der Waals surface area contributed by atoms with Gasteiger partial charge in [0.25, 0.3) is 0 Å². The topological polar surface area (TPSA) is 21.7 Å². The molecule has 0 aromatic rings. The van der Waals surface area contributed by atoms with Gasteiger partial charge in [0.05, 0.1) is 12.2 Å². The highest BCUT2D eigenvalue weighted by molar-refractivity contribution is 4.89. The van der Waals surface area contributed by atoms with Gasteiger partial charge in [0.1, 0.15) is 0 Å². The summed E-state index contributed by atoms with van der Waals surface area (Å²) in [6.45, 7) is 5.23. The number of likely N-dealkylation sites (tertiary alicyclic amines) is 1. The molecule has 3 nitrogen and oxygen atoms in total. The third kappa shape index (κ3) is 2.71. The van der Waals surface area contributed by atoms with Crippen LogP contribution in [0.25, 0.3) is 0 Å². The van der Waals surface area contributed by atoms with E-state index in [1.807, 2.05) is 7.11 Å². The highest BCUT2D eigenvalue weighted by atomic mass is 16.5. The summed E-state index contributed by atoms with van der Waals surface area (Å²) in [5.41, 5.74) is 0. The Bertz CT molecular complexity index is 184. The Hall–Kier alpha value is -0.120. The van der Waals surface area contributed by atoms with Crippen molar-refractivity contribution in [1.29, 1.82) is 0 Å². The van der Waals surface area contributed by atoms with Crippen LogP contribution in [0.1, 0.15) is 32.6 Å². The molecule has 0 radical (unpaired) electrons. The number of hydrogen-bond donors (Lipinski definition) is 0. The van der Waals surface area contributed by atoms with Gasteiger partial charge in [-0.1, -0.05) is 0 Å². The van der Waals surface area contributed by atoms with Crippen LogP contribution in [0.3, 0.4) is 0 Å². The van der Waals surface area contributed by atoms with E-state index in [9.17, 15) is 0 Å². The second kappa shape index (κ2) is 5.28. The van der Waals surface area contributed by atoms with Gasteiger partial charge in [-0.25, -0.2) is 0 Å². The molecule has 0 atom stereocenters.